The maximum atomic E-state index is 12.4. The Bertz CT molecular complexity index is 919. The maximum absolute atomic E-state index is 12.4. The van der Waals surface area contributed by atoms with Crippen molar-refractivity contribution in [3.63, 3.8) is 0 Å². The number of carbonyl (C=O) groups is 1. The minimum absolute atomic E-state index is 0.141. The number of nitrogens with one attached hydrogen (secondary N) is 2. The third-order valence-electron chi connectivity index (χ3n) is 4.99. The van der Waals surface area contributed by atoms with E-state index in [-0.39, 0.29) is 12.5 Å². The summed E-state index contributed by atoms with van der Waals surface area (Å²) in [4.78, 5) is 21.8. The molecule has 1 aromatic heterocycles. The van der Waals surface area contributed by atoms with Gasteiger partial charge in [-0.25, -0.2) is 4.98 Å². The van der Waals surface area contributed by atoms with Crippen LogP contribution in [-0.2, 0) is 10.4 Å². The van der Waals surface area contributed by atoms with Crippen molar-refractivity contribution in [2.75, 3.05) is 25.0 Å². The average molecular weight is 350 g/mol. The molecular weight excluding hydrogens is 328 g/mol. The van der Waals surface area contributed by atoms with Crippen LogP contribution in [0.3, 0.4) is 0 Å². The van der Waals surface area contributed by atoms with Crippen LogP contribution in [0.1, 0.15) is 17.5 Å². The predicted octanol–water partition coefficient (Wildman–Crippen LogP) is 2.40. The number of imidazole rings is 1. The van der Waals surface area contributed by atoms with Crippen molar-refractivity contribution in [3.8, 4) is 0 Å². The molecular formula is C20H22N4O2. The van der Waals surface area contributed by atoms with Gasteiger partial charge < -0.3 is 10.1 Å². The summed E-state index contributed by atoms with van der Waals surface area (Å²) in [5, 5.41) is 13.8. The van der Waals surface area contributed by atoms with Gasteiger partial charge in [0.15, 0.2) is 0 Å². The van der Waals surface area contributed by atoms with E-state index < -0.39 is 5.60 Å². The van der Waals surface area contributed by atoms with Crippen LogP contribution in [0.5, 0.6) is 0 Å². The Morgan fingerprint density at radius 2 is 2.04 bits per heavy atom. The smallest absolute Gasteiger partial charge is 0.240 e. The molecule has 0 aliphatic carbocycles. The highest BCUT2D eigenvalue weighted by molar-refractivity contribution is 5.92. The van der Waals surface area contributed by atoms with E-state index in [1.165, 1.54) is 0 Å². The van der Waals surface area contributed by atoms with E-state index in [9.17, 15) is 9.90 Å². The van der Waals surface area contributed by atoms with Crippen LogP contribution in [0.15, 0.2) is 48.5 Å². The summed E-state index contributed by atoms with van der Waals surface area (Å²) >= 11 is 0. The standard InChI is InChI=1S/C20H22N4O2/c1-14-6-2-3-7-15(14)20(26)10-11-24(13-20)12-18(25)23-19-21-16-8-4-5-9-17(16)22-19/h2-9,26H,10-13H2,1H3,(H2,21,22,23,25)/t20-/m0/s1. The van der Waals surface area contributed by atoms with E-state index in [1.54, 1.807) is 0 Å². The molecule has 1 aliphatic rings. The lowest BCUT2D eigenvalue weighted by Gasteiger charge is -2.25. The number of β-amino-alcohol motifs (C(OH)–C–C–N with tert-alkyl or cyclic N) is 1. The molecule has 2 heterocycles. The lowest BCUT2D eigenvalue weighted by molar-refractivity contribution is -0.117. The van der Waals surface area contributed by atoms with Gasteiger partial charge in [-0.05, 0) is 36.6 Å². The van der Waals surface area contributed by atoms with Crippen molar-refractivity contribution in [3.05, 3.63) is 59.7 Å². The predicted molar refractivity (Wildman–Crippen MR) is 101 cm³/mol. The number of benzene rings is 2. The Morgan fingerprint density at radius 1 is 1.27 bits per heavy atom. The van der Waals surface area contributed by atoms with Crippen LogP contribution in [0.4, 0.5) is 5.95 Å². The first-order valence-corrected chi connectivity index (χ1v) is 8.79. The van der Waals surface area contributed by atoms with E-state index >= 15 is 0 Å². The van der Waals surface area contributed by atoms with Gasteiger partial charge in [-0.1, -0.05) is 36.4 Å². The summed E-state index contributed by atoms with van der Waals surface area (Å²) in [6, 6.07) is 15.5. The number of aliphatic hydroxyl groups is 1. The van der Waals surface area contributed by atoms with Gasteiger partial charge in [0, 0.05) is 13.1 Å². The minimum Gasteiger partial charge on any atom is -0.384 e. The van der Waals surface area contributed by atoms with Crippen LogP contribution in [-0.4, -0.2) is 45.5 Å². The van der Waals surface area contributed by atoms with Gasteiger partial charge >= 0.3 is 0 Å². The van der Waals surface area contributed by atoms with E-state index in [2.05, 4.69) is 15.3 Å². The zero-order valence-corrected chi connectivity index (χ0v) is 14.7. The number of hydrogen-bond acceptors (Lipinski definition) is 4. The lowest BCUT2D eigenvalue weighted by Crippen LogP contribution is -2.36. The summed E-state index contributed by atoms with van der Waals surface area (Å²) in [5.41, 5.74) is 2.82. The Labute approximate surface area is 151 Å². The van der Waals surface area contributed by atoms with Gasteiger partial charge in [-0.3, -0.25) is 15.0 Å². The molecule has 0 saturated carbocycles. The number of aryl methyl sites for hydroxylation is 1. The number of rotatable bonds is 4. The second kappa shape index (κ2) is 6.55. The molecule has 4 rings (SSSR count). The van der Waals surface area contributed by atoms with Gasteiger partial charge in [0.2, 0.25) is 11.9 Å². The molecule has 1 saturated heterocycles. The number of aromatic nitrogens is 2. The van der Waals surface area contributed by atoms with Crippen molar-refractivity contribution in [2.45, 2.75) is 18.9 Å². The zero-order valence-electron chi connectivity index (χ0n) is 14.7. The second-order valence-electron chi connectivity index (χ2n) is 6.96. The first kappa shape index (κ1) is 16.8. The van der Waals surface area contributed by atoms with Crippen molar-refractivity contribution < 1.29 is 9.90 Å². The largest absolute Gasteiger partial charge is 0.384 e. The lowest BCUT2D eigenvalue weighted by atomic mass is 9.89. The van der Waals surface area contributed by atoms with Crippen molar-refractivity contribution >= 4 is 22.9 Å². The summed E-state index contributed by atoms with van der Waals surface area (Å²) in [5.74, 6) is 0.308. The molecule has 1 fully saturated rings. The quantitative estimate of drug-likeness (QED) is 0.675. The molecule has 0 radical (unpaired) electrons. The Morgan fingerprint density at radius 3 is 2.85 bits per heavy atom. The zero-order chi connectivity index (χ0) is 18.1. The monoisotopic (exact) mass is 350 g/mol. The van der Waals surface area contributed by atoms with Crippen LogP contribution >= 0.6 is 0 Å². The number of anilines is 1. The Balaban J connectivity index is 1.40. The molecule has 0 unspecified atom stereocenters. The molecule has 6 nitrogen and oxygen atoms in total. The maximum Gasteiger partial charge on any atom is 0.240 e. The van der Waals surface area contributed by atoms with Gasteiger partial charge in [0.1, 0.15) is 5.60 Å². The number of amides is 1. The fourth-order valence-electron chi connectivity index (χ4n) is 3.71. The third kappa shape index (κ3) is 3.21. The molecule has 3 aromatic rings. The number of aromatic amines is 1. The fourth-order valence-corrected chi connectivity index (χ4v) is 3.71. The van der Waals surface area contributed by atoms with Crippen LogP contribution in [0.2, 0.25) is 0 Å². The molecule has 2 aromatic carbocycles. The van der Waals surface area contributed by atoms with Crippen molar-refractivity contribution in [1.82, 2.24) is 14.9 Å². The SMILES string of the molecule is Cc1ccccc1[C@]1(O)CCN(CC(=O)Nc2nc3ccccc3[nH]2)C1. The number of H-pyrrole nitrogens is 1. The molecule has 1 amide bonds. The Hall–Kier alpha value is -2.70. The molecule has 0 bridgehead atoms. The van der Waals surface area contributed by atoms with Gasteiger partial charge in [0.25, 0.3) is 0 Å². The first-order chi connectivity index (χ1) is 12.5. The summed E-state index contributed by atoms with van der Waals surface area (Å²) < 4.78 is 0. The fraction of sp³-hybridized carbons (Fsp3) is 0.300. The normalized spacial score (nSPS) is 20.5. The molecule has 0 spiro atoms. The number of hydrogen-bond donors (Lipinski definition) is 3. The van der Waals surface area contributed by atoms with Crippen LogP contribution in [0, 0.1) is 6.92 Å². The van der Waals surface area contributed by atoms with Crippen LogP contribution < -0.4 is 5.32 Å². The number of likely N-dealkylation sites (tertiary alicyclic amines) is 1. The van der Waals surface area contributed by atoms with Gasteiger partial charge in [-0.2, -0.15) is 0 Å². The molecule has 6 heteroatoms. The third-order valence-corrected chi connectivity index (χ3v) is 4.99. The highest BCUT2D eigenvalue weighted by Gasteiger charge is 2.38. The van der Waals surface area contributed by atoms with Crippen molar-refractivity contribution in [1.29, 1.82) is 0 Å². The van der Waals surface area contributed by atoms with E-state index in [0.29, 0.717) is 25.5 Å². The van der Waals surface area contributed by atoms with Gasteiger partial charge in [-0.15, -0.1) is 0 Å². The van der Waals surface area contributed by atoms with E-state index in [0.717, 1.165) is 22.2 Å². The van der Waals surface area contributed by atoms with Gasteiger partial charge in [0.05, 0.1) is 17.6 Å². The highest BCUT2D eigenvalue weighted by atomic mass is 16.3. The van der Waals surface area contributed by atoms with Crippen LogP contribution in [0.25, 0.3) is 11.0 Å². The number of para-hydroxylation sites is 2. The second-order valence-corrected chi connectivity index (χ2v) is 6.96. The number of carbonyl (C=O) groups excluding carboxylic acids is 1. The number of nitrogens with zero attached hydrogens (tertiary/aromatic N) is 2. The highest BCUT2D eigenvalue weighted by Crippen LogP contribution is 2.33. The summed E-state index contributed by atoms with van der Waals surface area (Å²) in [6.45, 7) is 3.36. The minimum atomic E-state index is -0.898. The van der Waals surface area contributed by atoms with E-state index in [1.807, 2.05) is 60.4 Å². The average Bonchev–Trinajstić information content (AvgIpc) is 3.18. The molecule has 1 aliphatic heterocycles. The molecule has 1 atom stereocenters. The van der Waals surface area contributed by atoms with Crippen molar-refractivity contribution in [2.24, 2.45) is 0 Å². The number of fused-ring (bicyclic) bond motifs is 1. The molecule has 3 N–H and O–H groups in total. The van der Waals surface area contributed by atoms with E-state index in [4.69, 9.17) is 0 Å². The topological polar surface area (TPSA) is 81.2 Å². The summed E-state index contributed by atoms with van der Waals surface area (Å²) in [7, 11) is 0. The molecule has 26 heavy (non-hydrogen) atoms. The summed E-state index contributed by atoms with van der Waals surface area (Å²) in [6.07, 6.45) is 0.621. The Kier molecular flexibility index (Phi) is 4.22. The first-order valence-electron chi connectivity index (χ1n) is 8.79. The molecule has 134 valence electrons.